The predicted molar refractivity (Wildman–Crippen MR) is 111 cm³/mol. The lowest BCUT2D eigenvalue weighted by atomic mass is 10.1. The molecule has 4 nitrogen and oxygen atoms in total. The van der Waals surface area contributed by atoms with Crippen LogP contribution in [0.2, 0.25) is 0 Å². The minimum absolute atomic E-state index is 0.0541. The van der Waals surface area contributed by atoms with E-state index < -0.39 is 6.10 Å². The van der Waals surface area contributed by atoms with Crippen LogP contribution in [0.15, 0.2) is 72.8 Å². The summed E-state index contributed by atoms with van der Waals surface area (Å²) in [5, 5.41) is 2.98. The normalized spacial score (nSPS) is 11.5. The number of carbonyl (C=O) groups is 2. The Hall–Kier alpha value is -3.40. The fourth-order valence-corrected chi connectivity index (χ4v) is 2.89. The quantitative estimate of drug-likeness (QED) is 0.599. The lowest BCUT2D eigenvalue weighted by molar-refractivity contribution is -0.123. The second kappa shape index (κ2) is 8.53. The van der Waals surface area contributed by atoms with Gasteiger partial charge in [0.05, 0.1) is 0 Å². The van der Waals surface area contributed by atoms with Gasteiger partial charge >= 0.3 is 0 Å². The third-order valence-corrected chi connectivity index (χ3v) is 4.49. The smallest absolute Gasteiger partial charge is 0.270 e. The molecule has 28 heavy (non-hydrogen) atoms. The molecule has 0 aliphatic heterocycles. The topological polar surface area (TPSA) is 55.4 Å². The molecule has 3 aromatic carbocycles. The Labute approximate surface area is 165 Å². The van der Waals surface area contributed by atoms with Crippen molar-refractivity contribution in [3.63, 3.8) is 0 Å². The van der Waals surface area contributed by atoms with E-state index in [9.17, 15) is 9.59 Å². The Balaban J connectivity index is 1.91. The highest BCUT2D eigenvalue weighted by atomic mass is 16.5. The maximum atomic E-state index is 13.1. The van der Waals surface area contributed by atoms with E-state index in [1.807, 2.05) is 62.4 Å². The van der Waals surface area contributed by atoms with Gasteiger partial charge < -0.3 is 10.1 Å². The number of anilines is 1. The average molecular weight is 373 g/mol. The zero-order valence-electron chi connectivity index (χ0n) is 16.2. The van der Waals surface area contributed by atoms with Crippen molar-refractivity contribution >= 4 is 17.4 Å². The maximum Gasteiger partial charge on any atom is 0.270 e. The monoisotopic (exact) mass is 373 g/mol. The lowest BCUT2D eigenvalue weighted by Crippen LogP contribution is -2.26. The van der Waals surface area contributed by atoms with Gasteiger partial charge in [0.1, 0.15) is 5.75 Å². The summed E-state index contributed by atoms with van der Waals surface area (Å²) in [5.41, 5.74) is 4.07. The molecule has 3 rings (SSSR count). The number of ether oxygens (including phenoxy) is 1. The Morgan fingerprint density at radius 2 is 1.64 bits per heavy atom. The van der Waals surface area contributed by atoms with Crippen LogP contribution < -0.4 is 10.1 Å². The van der Waals surface area contributed by atoms with Crippen LogP contribution in [-0.4, -0.2) is 11.7 Å². The van der Waals surface area contributed by atoms with Gasteiger partial charge in [0, 0.05) is 16.8 Å². The molecule has 1 N–H and O–H groups in total. The van der Waals surface area contributed by atoms with Gasteiger partial charge in [0.25, 0.3) is 5.91 Å². The Morgan fingerprint density at radius 3 is 2.36 bits per heavy atom. The Bertz CT molecular complexity index is 996. The van der Waals surface area contributed by atoms with Crippen molar-refractivity contribution in [3.8, 4) is 5.75 Å². The molecule has 0 aliphatic carbocycles. The largest absolute Gasteiger partial charge is 0.476 e. The number of amides is 1. The van der Waals surface area contributed by atoms with Crippen molar-refractivity contribution in [2.24, 2.45) is 0 Å². The van der Waals surface area contributed by atoms with Crippen LogP contribution in [0.25, 0.3) is 0 Å². The first-order valence-corrected chi connectivity index (χ1v) is 9.15. The van der Waals surface area contributed by atoms with Gasteiger partial charge in [0.15, 0.2) is 5.78 Å². The van der Waals surface area contributed by atoms with Gasteiger partial charge in [-0.2, -0.15) is 0 Å². The van der Waals surface area contributed by atoms with Crippen molar-refractivity contribution in [1.29, 1.82) is 0 Å². The highest BCUT2D eigenvalue weighted by Crippen LogP contribution is 2.26. The number of rotatable bonds is 6. The van der Waals surface area contributed by atoms with Crippen LogP contribution in [-0.2, 0) is 4.79 Å². The lowest BCUT2D eigenvalue weighted by Gasteiger charge is -2.20. The van der Waals surface area contributed by atoms with Crippen LogP contribution in [0, 0.1) is 13.8 Å². The third kappa shape index (κ3) is 4.65. The van der Waals surface area contributed by atoms with E-state index in [1.54, 1.807) is 24.3 Å². The molecular formula is C24H23NO3. The number of nitrogens with one attached hydrogen (secondary N) is 1. The minimum Gasteiger partial charge on any atom is -0.476 e. The van der Waals surface area contributed by atoms with E-state index in [0.717, 1.165) is 22.4 Å². The molecule has 3 aromatic rings. The average Bonchev–Trinajstić information content (AvgIpc) is 2.69. The summed E-state index contributed by atoms with van der Waals surface area (Å²) in [6.07, 6.45) is -0.844. The summed E-state index contributed by atoms with van der Waals surface area (Å²) < 4.78 is 6.03. The van der Waals surface area contributed by atoms with E-state index in [0.29, 0.717) is 11.3 Å². The zero-order valence-corrected chi connectivity index (χ0v) is 16.2. The van der Waals surface area contributed by atoms with E-state index in [1.165, 1.54) is 6.92 Å². The van der Waals surface area contributed by atoms with Crippen molar-refractivity contribution in [2.45, 2.75) is 26.9 Å². The van der Waals surface area contributed by atoms with Crippen LogP contribution in [0.1, 0.15) is 40.1 Å². The van der Waals surface area contributed by atoms with Gasteiger partial charge in [-0.1, -0.05) is 54.6 Å². The molecule has 0 aromatic heterocycles. The number of Topliss-reactive ketones (excluding diaryl/α,β-unsaturated/α-hetero) is 1. The van der Waals surface area contributed by atoms with Crippen molar-refractivity contribution in [2.75, 3.05) is 5.32 Å². The fourth-order valence-electron chi connectivity index (χ4n) is 2.89. The standard InChI is InChI=1S/C24H23NO3/c1-16-12-13-17(2)22(14-16)25-24(27)23(19-8-5-4-6-9-19)28-21-11-7-10-20(15-21)18(3)26/h4-15,23H,1-3H3,(H,25,27)/t23-/m1/s1. The summed E-state index contributed by atoms with van der Waals surface area (Å²) in [4.78, 5) is 24.8. The van der Waals surface area contributed by atoms with Crippen LogP contribution in [0.4, 0.5) is 5.69 Å². The number of carbonyl (C=O) groups excluding carboxylic acids is 2. The maximum absolute atomic E-state index is 13.1. The first-order chi connectivity index (χ1) is 13.4. The first kappa shape index (κ1) is 19.4. The van der Waals surface area contributed by atoms with Crippen LogP contribution in [0.5, 0.6) is 5.75 Å². The van der Waals surface area contributed by atoms with E-state index in [4.69, 9.17) is 4.74 Å². The SMILES string of the molecule is CC(=O)c1cccc(O[C@@H](C(=O)Nc2cc(C)ccc2C)c2ccccc2)c1. The summed E-state index contributed by atoms with van der Waals surface area (Å²) in [6, 6.07) is 22.1. The van der Waals surface area contributed by atoms with Gasteiger partial charge in [0.2, 0.25) is 6.10 Å². The van der Waals surface area contributed by atoms with E-state index in [-0.39, 0.29) is 11.7 Å². The molecule has 4 heteroatoms. The zero-order chi connectivity index (χ0) is 20.1. The fraction of sp³-hybridized carbons (Fsp3) is 0.167. The van der Waals surface area contributed by atoms with E-state index in [2.05, 4.69) is 5.32 Å². The molecule has 0 saturated heterocycles. The highest BCUT2D eigenvalue weighted by molar-refractivity contribution is 5.96. The second-order valence-electron chi connectivity index (χ2n) is 6.80. The molecule has 0 fully saturated rings. The minimum atomic E-state index is -0.844. The molecule has 0 unspecified atom stereocenters. The molecular weight excluding hydrogens is 350 g/mol. The van der Waals surface area contributed by atoms with Crippen LogP contribution >= 0.6 is 0 Å². The molecule has 0 aliphatic rings. The Morgan fingerprint density at radius 1 is 0.893 bits per heavy atom. The van der Waals surface area contributed by atoms with Gasteiger partial charge in [-0.3, -0.25) is 9.59 Å². The molecule has 1 amide bonds. The van der Waals surface area contributed by atoms with Crippen molar-refractivity contribution < 1.29 is 14.3 Å². The molecule has 142 valence electrons. The number of hydrogen-bond acceptors (Lipinski definition) is 3. The van der Waals surface area contributed by atoms with E-state index >= 15 is 0 Å². The number of hydrogen-bond donors (Lipinski definition) is 1. The van der Waals surface area contributed by atoms with Gasteiger partial charge in [-0.05, 0) is 50.1 Å². The molecule has 0 bridgehead atoms. The molecule has 1 atom stereocenters. The summed E-state index contributed by atoms with van der Waals surface area (Å²) in [6.45, 7) is 5.43. The van der Waals surface area contributed by atoms with Gasteiger partial charge in [-0.25, -0.2) is 0 Å². The number of ketones is 1. The molecule has 0 saturated carbocycles. The van der Waals surface area contributed by atoms with Crippen LogP contribution in [0.3, 0.4) is 0 Å². The summed E-state index contributed by atoms with van der Waals surface area (Å²) in [7, 11) is 0. The van der Waals surface area contributed by atoms with Gasteiger partial charge in [-0.15, -0.1) is 0 Å². The number of benzene rings is 3. The van der Waals surface area contributed by atoms with Crippen molar-refractivity contribution in [3.05, 3.63) is 95.1 Å². The second-order valence-corrected chi connectivity index (χ2v) is 6.80. The highest BCUT2D eigenvalue weighted by Gasteiger charge is 2.23. The van der Waals surface area contributed by atoms with Crippen molar-refractivity contribution in [1.82, 2.24) is 0 Å². The predicted octanol–water partition coefficient (Wildman–Crippen LogP) is 5.26. The Kier molecular flexibility index (Phi) is 5.90. The summed E-state index contributed by atoms with van der Waals surface area (Å²) in [5.74, 6) is 0.146. The molecule has 0 spiro atoms. The number of aryl methyl sites for hydroxylation is 2. The molecule has 0 heterocycles. The summed E-state index contributed by atoms with van der Waals surface area (Å²) >= 11 is 0. The first-order valence-electron chi connectivity index (χ1n) is 9.15. The third-order valence-electron chi connectivity index (χ3n) is 4.49. The molecule has 0 radical (unpaired) electrons.